The summed E-state index contributed by atoms with van der Waals surface area (Å²) >= 11 is 0. The number of piperidine rings is 1. The van der Waals surface area contributed by atoms with Crippen molar-refractivity contribution >= 4 is 27.8 Å². The zero-order valence-electron chi connectivity index (χ0n) is 17.2. The highest BCUT2D eigenvalue weighted by Gasteiger charge is 2.45. The van der Waals surface area contributed by atoms with Gasteiger partial charge in [-0.25, -0.2) is 13.2 Å². The second-order valence-electron chi connectivity index (χ2n) is 8.11. The number of fused-ring (bicyclic) bond motifs is 1. The van der Waals surface area contributed by atoms with E-state index in [-0.39, 0.29) is 42.0 Å². The summed E-state index contributed by atoms with van der Waals surface area (Å²) in [6.07, 6.45) is 0.417. The molecule has 2 aromatic carbocycles. The van der Waals surface area contributed by atoms with Gasteiger partial charge in [0.1, 0.15) is 0 Å². The Morgan fingerprint density at radius 2 is 1.45 bits per heavy atom. The van der Waals surface area contributed by atoms with Gasteiger partial charge in [0.15, 0.2) is 0 Å². The van der Waals surface area contributed by atoms with Crippen LogP contribution in [0.4, 0.5) is 0 Å². The number of hydroxylamine groups is 2. The molecule has 0 bridgehead atoms. The Labute approximate surface area is 180 Å². The number of benzene rings is 2. The van der Waals surface area contributed by atoms with Crippen LogP contribution in [0.25, 0.3) is 0 Å². The van der Waals surface area contributed by atoms with Crippen molar-refractivity contribution in [3.63, 3.8) is 0 Å². The van der Waals surface area contributed by atoms with Gasteiger partial charge in [0.05, 0.1) is 21.4 Å². The van der Waals surface area contributed by atoms with Crippen molar-refractivity contribution in [2.75, 3.05) is 13.1 Å². The van der Waals surface area contributed by atoms with E-state index in [0.717, 1.165) is 5.56 Å². The van der Waals surface area contributed by atoms with Gasteiger partial charge in [-0.3, -0.25) is 9.59 Å². The molecule has 4 rings (SSSR count). The summed E-state index contributed by atoms with van der Waals surface area (Å²) in [5.41, 5.74) is 0.309. The van der Waals surface area contributed by atoms with Crippen LogP contribution < -0.4 is 0 Å². The number of aryl methyl sites for hydroxylation is 1. The molecule has 0 atom stereocenters. The zero-order chi connectivity index (χ0) is 22.4. The Bertz CT molecular complexity index is 1130. The Kier molecular flexibility index (Phi) is 5.18. The van der Waals surface area contributed by atoms with Gasteiger partial charge < -0.3 is 4.84 Å². The van der Waals surface area contributed by atoms with Crippen molar-refractivity contribution in [3.05, 3.63) is 65.2 Å². The first-order valence-electron chi connectivity index (χ1n) is 9.90. The van der Waals surface area contributed by atoms with Crippen LogP contribution in [0.1, 0.15) is 46.0 Å². The molecule has 8 nitrogen and oxygen atoms in total. The van der Waals surface area contributed by atoms with Gasteiger partial charge >= 0.3 is 5.97 Å². The lowest BCUT2D eigenvalue weighted by Gasteiger charge is -2.37. The van der Waals surface area contributed by atoms with Gasteiger partial charge in [0, 0.05) is 13.1 Å². The molecule has 2 amide bonds. The van der Waals surface area contributed by atoms with Crippen LogP contribution in [0.2, 0.25) is 0 Å². The third kappa shape index (κ3) is 3.64. The number of rotatable bonds is 4. The van der Waals surface area contributed by atoms with Crippen molar-refractivity contribution in [1.29, 1.82) is 0 Å². The second-order valence-corrected chi connectivity index (χ2v) is 10.0. The maximum atomic E-state index is 12.9. The number of carbonyl (C=O) groups excluding carboxylic acids is 3. The van der Waals surface area contributed by atoms with E-state index in [1.807, 2.05) is 6.92 Å². The molecule has 9 heteroatoms. The molecule has 2 aliphatic rings. The number of nitrogens with zero attached hydrogens (tertiary/aromatic N) is 2. The first-order chi connectivity index (χ1) is 14.6. The van der Waals surface area contributed by atoms with E-state index in [1.165, 1.54) is 16.4 Å². The average molecular weight is 442 g/mol. The van der Waals surface area contributed by atoms with Crippen molar-refractivity contribution in [2.24, 2.45) is 5.41 Å². The summed E-state index contributed by atoms with van der Waals surface area (Å²) < 4.78 is 27.1. The molecule has 2 aromatic rings. The number of carbonyl (C=O) groups is 3. The smallest absolute Gasteiger partial charge is 0.329 e. The van der Waals surface area contributed by atoms with Gasteiger partial charge in [0.25, 0.3) is 11.8 Å². The summed E-state index contributed by atoms with van der Waals surface area (Å²) in [7, 11) is -3.67. The minimum absolute atomic E-state index is 0.129. The Morgan fingerprint density at radius 1 is 0.935 bits per heavy atom. The Hall–Kier alpha value is -3.04. The number of imide groups is 1. The number of sulfonamides is 1. The van der Waals surface area contributed by atoms with Crippen LogP contribution in [-0.2, 0) is 19.7 Å². The van der Waals surface area contributed by atoms with Gasteiger partial charge in [-0.1, -0.05) is 34.9 Å². The molecule has 0 spiro atoms. The molecule has 1 fully saturated rings. The summed E-state index contributed by atoms with van der Waals surface area (Å²) in [6.45, 7) is 3.79. The lowest BCUT2D eigenvalue weighted by Crippen LogP contribution is -2.47. The monoisotopic (exact) mass is 442 g/mol. The Balaban J connectivity index is 1.44. The fourth-order valence-corrected chi connectivity index (χ4v) is 5.17. The van der Waals surface area contributed by atoms with Gasteiger partial charge in [-0.2, -0.15) is 4.31 Å². The summed E-state index contributed by atoms with van der Waals surface area (Å²) in [4.78, 5) is 43.1. The van der Waals surface area contributed by atoms with Crippen LogP contribution in [0.15, 0.2) is 53.4 Å². The first kappa shape index (κ1) is 21.2. The highest BCUT2D eigenvalue weighted by Crippen LogP contribution is 2.35. The van der Waals surface area contributed by atoms with Crippen LogP contribution in [-0.4, -0.2) is 48.7 Å². The van der Waals surface area contributed by atoms with Gasteiger partial charge in [-0.15, -0.1) is 0 Å². The van der Waals surface area contributed by atoms with Crippen LogP contribution in [0.5, 0.6) is 0 Å². The quantitative estimate of drug-likeness (QED) is 0.675. The van der Waals surface area contributed by atoms with Crippen molar-refractivity contribution in [1.82, 2.24) is 9.37 Å². The molecule has 2 heterocycles. The highest BCUT2D eigenvalue weighted by molar-refractivity contribution is 7.89. The first-order valence-corrected chi connectivity index (χ1v) is 11.3. The molecule has 0 radical (unpaired) electrons. The topological polar surface area (TPSA) is 101 Å². The average Bonchev–Trinajstić information content (AvgIpc) is 2.99. The molecule has 0 aliphatic carbocycles. The SMILES string of the molecule is Cc1ccc(S(=O)(=O)N2CCC(C)(C(=O)ON3C(=O)c4ccccc4C3=O)CC2)cc1. The van der Waals surface area contributed by atoms with E-state index in [9.17, 15) is 22.8 Å². The molecule has 31 heavy (non-hydrogen) atoms. The van der Waals surface area contributed by atoms with Crippen molar-refractivity contribution < 1.29 is 27.6 Å². The molecule has 1 saturated heterocycles. The van der Waals surface area contributed by atoms with E-state index in [2.05, 4.69) is 0 Å². The third-order valence-corrected chi connectivity index (χ3v) is 7.82. The van der Waals surface area contributed by atoms with Crippen LogP contribution in [0.3, 0.4) is 0 Å². The molecule has 0 unspecified atom stereocenters. The molecule has 2 aliphatic heterocycles. The molecule has 0 N–H and O–H groups in total. The van der Waals surface area contributed by atoms with Crippen molar-refractivity contribution in [3.8, 4) is 0 Å². The molecule has 0 saturated carbocycles. The fraction of sp³-hybridized carbons (Fsp3) is 0.318. The maximum Gasteiger partial charge on any atom is 0.339 e. The summed E-state index contributed by atoms with van der Waals surface area (Å²) in [5.74, 6) is -2.09. The standard InChI is InChI=1S/C22H22N2O6S/c1-15-7-9-16(10-8-15)31(28,29)23-13-11-22(2,12-14-23)21(27)30-24-19(25)17-5-3-4-6-18(17)20(24)26/h3-10H,11-14H2,1-2H3. The summed E-state index contributed by atoms with van der Waals surface area (Å²) in [5, 5.41) is 0.494. The highest BCUT2D eigenvalue weighted by atomic mass is 32.2. The van der Waals surface area contributed by atoms with Crippen LogP contribution >= 0.6 is 0 Å². The van der Waals surface area contributed by atoms with Gasteiger partial charge in [-0.05, 0) is 51.0 Å². The molecule has 162 valence electrons. The normalized spacial score (nSPS) is 18.7. The summed E-state index contributed by atoms with van der Waals surface area (Å²) in [6, 6.07) is 12.9. The van der Waals surface area contributed by atoms with Crippen molar-refractivity contribution in [2.45, 2.75) is 31.6 Å². The van der Waals surface area contributed by atoms with E-state index >= 15 is 0 Å². The lowest BCUT2D eigenvalue weighted by molar-refractivity contribution is -0.182. The minimum Gasteiger partial charge on any atom is -0.329 e. The molecule has 0 aromatic heterocycles. The third-order valence-electron chi connectivity index (χ3n) is 5.91. The van der Waals surface area contributed by atoms with E-state index in [1.54, 1.807) is 43.3 Å². The lowest BCUT2D eigenvalue weighted by atomic mass is 9.81. The predicted molar refractivity (Wildman–Crippen MR) is 110 cm³/mol. The molecular formula is C22H22N2O6S. The number of amides is 2. The second kappa shape index (κ2) is 7.58. The van der Waals surface area contributed by atoms with Gasteiger partial charge in [0.2, 0.25) is 10.0 Å². The fourth-order valence-electron chi connectivity index (χ4n) is 3.73. The zero-order valence-corrected chi connectivity index (χ0v) is 18.0. The maximum absolute atomic E-state index is 12.9. The van der Waals surface area contributed by atoms with Crippen LogP contribution in [0, 0.1) is 12.3 Å². The van der Waals surface area contributed by atoms with E-state index < -0.39 is 33.2 Å². The van der Waals surface area contributed by atoms with E-state index in [4.69, 9.17) is 4.84 Å². The Morgan fingerprint density at radius 3 is 1.97 bits per heavy atom. The molecular weight excluding hydrogens is 420 g/mol. The predicted octanol–water partition coefficient (Wildman–Crippen LogP) is 2.54. The largest absolute Gasteiger partial charge is 0.339 e. The number of hydrogen-bond acceptors (Lipinski definition) is 6. The van der Waals surface area contributed by atoms with E-state index in [0.29, 0.717) is 5.06 Å². The number of hydrogen-bond donors (Lipinski definition) is 0. The minimum atomic E-state index is -3.67.